The van der Waals surface area contributed by atoms with E-state index in [4.69, 9.17) is 16.3 Å². The molecule has 0 saturated carbocycles. The summed E-state index contributed by atoms with van der Waals surface area (Å²) in [7, 11) is 0. The molecule has 0 aliphatic heterocycles. The Labute approximate surface area is 157 Å². The molecule has 0 aromatic heterocycles. The Morgan fingerprint density at radius 3 is 2.08 bits per heavy atom. The first-order valence-electron chi connectivity index (χ1n) is 8.25. The zero-order chi connectivity index (χ0) is 18.4. The van der Waals surface area contributed by atoms with Crippen molar-refractivity contribution in [1.82, 2.24) is 0 Å². The van der Waals surface area contributed by atoms with E-state index in [1.54, 1.807) is 31.2 Å². The molecule has 3 rings (SSSR count). The van der Waals surface area contributed by atoms with Crippen LogP contribution in [0.2, 0.25) is 5.02 Å². The maximum atomic E-state index is 12.3. The fraction of sp³-hybridized carbons (Fsp3) is 0.0952. The average Bonchev–Trinajstić information content (AvgIpc) is 2.66. The molecule has 0 fully saturated rings. The van der Waals surface area contributed by atoms with Gasteiger partial charge in [-0.15, -0.1) is 0 Å². The lowest BCUT2D eigenvalue weighted by atomic mass is 10.2. The fourth-order valence-corrected chi connectivity index (χ4v) is 2.47. The molecule has 0 aliphatic rings. The number of nitrogens with one attached hydrogen (secondary N) is 2. The number of halogens is 1. The highest BCUT2D eigenvalue weighted by Crippen LogP contribution is 2.20. The van der Waals surface area contributed by atoms with E-state index in [2.05, 4.69) is 10.6 Å². The van der Waals surface area contributed by atoms with E-state index in [1.165, 1.54) is 0 Å². The standard InChI is InChI=1S/C21H19ClN2O2/c1-15(26-20-13-7-16(22)8-14-20)21(25)24-19-11-9-18(10-12-19)23-17-5-3-2-4-6-17/h2-15,23H,1H3,(H,24,25). The maximum Gasteiger partial charge on any atom is 0.265 e. The van der Waals surface area contributed by atoms with Crippen molar-refractivity contribution < 1.29 is 9.53 Å². The molecule has 4 nitrogen and oxygen atoms in total. The lowest BCUT2D eigenvalue weighted by Crippen LogP contribution is -2.30. The number of carbonyl (C=O) groups excluding carboxylic acids is 1. The van der Waals surface area contributed by atoms with Crippen LogP contribution in [0.5, 0.6) is 5.75 Å². The minimum Gasteiger partial charge on any atom is -0.481 e. The molecular weight excluding hydrogens is 348 g/mol. The first-order chi connectivity index (χ1) is 12.6. The number of ether oxygens (including phenoxy) is 1. The van der Waals surface area contributed by atoms with Crippen LogP contribution in [0.1, 0.15) is 6.92 Å². The van der Waals surface area contributed by atoms with Crippen LogP contribution in [0, 0.1) is 0 Å². The molecule has 0 spiro atoms. The van der Waals surface area contributed by atoms with Crippen LogP contribution in [0.25, 0.3) is 0 Å². The van der Waals surface area contributed by atoms with Gasteiger partial charge in [-0.1, -0.05) is 29.8 Å². The first kappa shape index (κ1) is 17.8. The Bertz CT molecular complexity index is 849. The van der Waals surface area contributed by atoms with Crippen molar-refractivity contribution in [3.63, 3.8) is 0 Å². The Morgan fingerprint density at radius 1 is 0.846 bits per heavy atom. The summed E-state index contributed by atoms with van der Waals surface area (Å²) < 4.78 is 5.62. The smallest absolute Gasteiger partial charge is 0.265 e. The van der Waals surface area contributed by atoms with E-state index >= 15 is 0 Å². The molecule has 0 aliphatic carbocycles. The van der Waals surface area contributed by atoms with E-state index in [9.17, 15) is 4.79 Å². The van der Waals surface area contributed by atoms with Gasteiger partial charge in [0, 0.05) is 22.1 Å². The van der Waals surface area contributed by atoms with Crippen molar-refractivity contribution >= 4 is 34.6 Å². The number of rotatable bonds is 6. The van der Waals surface area contributed by atoms with Crippen LogP contribution in [-0.4, -0.2) is 12.0 Å². The molecule has 3 aromatic carbocycles. The maximum absolute atomic E-state index is 12.3. The molecule has 1 unspecified atom stereocenters. The summed E-state index contributed by atoms with van der Waals surface area (Å²) in [5.41, 5.74) is 2.66. The van der Waals surface area contributed by atoms with Gasteiger partial charge in [0.15, 0.2) is 6.10 Å². The van der Waals surface area contributed by atoms with Crippen LogP contribution in [0.4, 0.5) is 17.1 Å². The van der Waals surface area contributed by atoms with Crippen LogP contribution >= 0.6 is 11.6 Å². The van der Waals surface area contributed by atoms with Gasteiger partial charge < -0.3 is 15.4 Å². The average molecular weight is 367 g/mol. The highest BCUT2D eigenvalue weighted by atomic mass is 35.5. The minimum atomic E-state index is -0.627. The SMILES string of the molecule is CC(Oc1ccc(Cl)cc1)C(=O)Nc1ccc(Nc2ccccc2)cc1. The van der Waals surface area contributed by atoms with Crippen molar-refractivity contribution in [2.45, 2.75) is 13.0 Å². The molecule has 3 aromatic rings. The Kier molecular flexibility index (Phi) is 5.77. The number of para-hydroxylation sites is 1. The number of anilines is 3. The summed E-state index contributed by atoms with van der Waals surface area (Å²) in [5.74, 6) is 0.378. The van der Waals surface area contributed by atoms with Gasteiger partial charge in [0.2, 0.25) is 0 Å². The summed E-state index contributed by atoms with van der Waals surface area (Å²) in [6.07, 6.45) is -0.627. The largest absolute Gasteiger partial charge is 0.481 e. The lowest BCUT2D eigenvalue weighted by Gasteiger charge is -2.15. The predicted octanol–water partition coefficient (Wildman–Crippen LogP) is 5.49. The molecule has 132 valence electrons. The van der Waals surface area contributed by atoms with E-state index < -0.39 is 6.10 Å². The fourth-order valence-electron chi connectivity index (χ4n) is 2.34. The molecule has 0 heterocycles. The summed E-state index contributed by atoms with van der Waals surface area (Å²) >= 11 is 5.84. The molecule has 5 heteroatoms. The second-order valence-corrected chi connectivity index (χ2v) is 6.21. The van der Waals surface area contributed by atoms with Gasteiger partial charge in [-0.2, -0.15) is 0 Å². The summed E-state index contributed by atoms with van der Waals surface area (Å²) in [5, 5.41) is 6.77. The second-order valence-electron chi connectivity index (χ2n) is 5.77. The Morgan fingerprint density at radius 2 is 1.42 bits per heavy atom. The number of hydrogen-bond acceptors (Lipinski definition) is 3. The molecule has 2 N–H and O–H groups in total. The zero-order valence-electron chi connectivity index (χ0n) is 14.3. The van der Waals surface area contributed by atoms with Crippen LogP contribution in [0.15, 0.2) is 78.9 Å². The van der Waals surface area contributed by atoms with Crippen LogP contribution in [0.3, 0.4) is 0 Å². The van der Waals surface area contributed by atoms with Gasteiger partial charge in [0.1, 0.15) is 5.75 Å². The number of amides is 1. The van der Waals surface area contributed by atoms with Crippen molar-refractivity contribution in [2.75, 3.05) is 10.6 Å². The third-order valence-corrected chi connectivity index (χ3v) is 3.96. The molecule has 26 heavy (non-hydrogen) atoms. The number of benzene rings is 3. The second kappa shape index (κ2) is 8.41. The zero-order valence-corrected chi connectivity index (χ0v) is 15.0. The van der Waals surface area contributed by atoms with E-state index in [1.807, 2.05) is 54.6 Å². The Balaban J connectivity index is 1.56. The number of carbonyl (C=O) groups is 1. The van der Waals surface area contributed by atoms with Gasteiger partial charge in [-0.25, -0.2) is 0 Å². The molecule has 0 radical (unpaired) electrons. The van der Waals surface area contributed by atoms with E-state index in [0.717, 1.165) is 11.4 Å². The first-order valence-corrected chi connectivity index (χ1v) is 8.63. The minimum absolute atomic E-state index is 0.219. The van der Waals surface area contributed by atoms with Gasteiger partial charge in [-0.05, 0) is 67.6 Å². The quantitative estimate of drug-likeness (QED) is 0.606. The molecule has 0 saturated heterocycles. The summed E-state index contributed by atoms with van der Waals surface area (Å²) in [4.78, 5) is 12.3. The summed E-state index contributed by atoms with van der Waals surface area (Å²) in [6.45, 7) is 1.70. The van der Waals surface area contributed by atoms with Crippen molar-refractivity contribution in [2.24, 2.45) is 0 Å². The highest BCUT2D eigenvalue weighted by molar-refractivity contribution is 6.30. The molecular formula is C21H19ClN2O2. The topological polar surface area (TPSA) is 50.4 Å². The third kappa shape index (κ3) is 5.01. The van der Waals surface area contributed by atoms with Gasteiger partial charge in [0.05, 0.1) is 0 Å². The molecule has 1 atom stereocenters. The van der Waals surface area contributed by atoms with Crippen molar-refractivity contribution in [3.8, 4) is 5.75 Å². The van der Waals surface area contributed by atoms with Crippen molar-refractivity contribution in [3.05, 3.63) is 83.9 Å². The number of hydrogen-bond donors (Lipinski definition) is 2. The highest BCUT2D eigenvalue weighted by Gasteiger charge is 2.14. The van der Waals surface area contributed by atoms with Crippen LogP contribution < -0.4 is 15.4 Å². The van der Waals surface area contributed by atoms with Crippen LogP contribution in [-0.2, 0) is 4.79 Å². The van der Waals surface area contributed by atoms with E-state index in [0.29, 0.717) is 16.5 Å². The lowest BCUT2D eigenvalue weighted by molar-refractivity contribution is -0.122. The van der Waals surface area contributed by atoms with Gasteiger partial charge in [-0.3, -0.25) is 4.79 Å². The Hall–Kier alpha value is -2.98. The van der Waals surface area contributed by atoms with E-state index in [-0.39, 0.29) is 5.91 Å². The summed E-state index contributed by atoms with van der Waals surface area (Å²) in [6, 6.07) is 24.3. The monoisotopic (exact) mass is 366 g/mol. The normalized spacial score (nSPS) is 11.5. The third-order valence-electron chi connectivity index (χ3n) is 3.71. The molecule has 0 bridgehead atoms. The van der Waals surface area contributed by atoms with Crippen molar-refractivity contribution in [1.29, 1.82) is 0 Å². The predicted molar refractivity (Wildman–Crippen MR) is 106 cm³/mol. The van der Waals surface area contributed by atoms with Gasteiger partial charge >= 0.3 is 0 Å². The molecule has 1 amide bonds. The van der Waals surface area contributed by atoms with Gasteiger partial charge in [0.25, 0.3) is 5.91 Å².